The van der Waals surface area contributed by atoms with E-state index in [0.717, 1.165) is 10.0 Å². The van der Waals surface area contributed by atoms with Crippen molar-refractivity contribution in [1.82, 2.24) is 9.29 Å². The number of nitrogen functional groups attached to an aromatic ring is 1. The smallest absolute Gasteiger partial charge is 0.243 e. The Labute approximate surface area is 132 Å². The summed E-state index contributed by atoms with van der Waals surface area (Å²) in [5, 5.41) is 0. The van der Waals surface area contributed by atoms with Crippen LogP contribution in [0.5, 0.6) is 0 Å². The number of anilines is 1. The normalized spacial score (nSPS) is 11.6. The van der Waals surface area contributed by atoms with Crippen LogP contribution in [0.15, 0.2) is 52.0 Å². The highest BCUT2D eigenvalue weighted by atomic mass is 79.9. The maximum absolute atomic E-state index is 12.5. The van der Waals surface area contributed by atoms with Gasteiger partial charge < -0.3 is 5.43 Å². The van der Waals surface area contributed by atoms with E-state index in [1.165, 1.54) is 29.7 Å². The summed E-state index contributed by atoms with van der Waals surface area (Å²) < 4.78 is 27.2. The van der Waals surface area contributed by atoms with E-state index in [4.69, 9.17) is 5.84 Å². The third kappa shape index (κ3) is 3.59. The van der Waals surface area contributed by atoms with Crippen molar-refractivity contribution in [3.63, 3.8) is 0 Å². The second-order valence-electron chi connectivity index (χ2n) is 4.37. The number of pyridine rings is 1. The van der Waals surface area contributed by atoms with Gasteiger partial charge in [-0.05, 0) is 17.7 Å². The highest BCUT2D eigenvalue weighted by molar-refractivity contribution is 9.10. The number of rotatable bonds is 5. The van der Waals surface area contributed by atoms with E-state index < -0.39 is 10.0 Å². The molecule has 21 heavy (non-hydrogen) atoms. The summed E-state index contributed by atoms with van der Waals surface area (Å²) in [4.78, 5) is 4.04. The fraction of sp³-hybridized carbons (Fsp3) is 0.154. The third-order valence-corrected chi connectivity index (χ3v) is 5.51. The van der Waals surface area contributed by atoms with Gasteiger partial charge in [-0.15, -0.1) is 0 Å². The summed E-state index contributed by atoms with van der Waals surface area (Å²) in [7, 11) is -2.08. The SMILES string of the molecule is CN(Cc1ccccc1Br)S(=O)(=O)c1ccnc(NN)c1. The number of hydrazine groups is 1. The van der Waals surface area contributed by atoms with Crippen LogP contribution in [-0.2, 0) is 16.6 Å². The van der Waals surface area contributed by atoms with E-state index in [-0.39, 0.29) is 11.4 Å². The number of hydrogen-bond donors (Lipinski definition) is 2. The molecule has 0 amide bonds. The second-order valence-corrected chi connectivity index (χ2v) is 7.27. The van der Waals surface area contributed by atoms with Crippen LogP contribution in [0.25, 0.3) is 0 Å². The van der Waals surface area contributed by atoms with Crippen LogP contribution in [0.3, 0.4) is 0 Å². The first-order valence-electron chi connectivity index (χ1n) is 6.07. The Kier molecular flexibility index (Phi) is 4.94. The van der Waals surface area contributed by atoms with Crippen LogP contribution in [0.2, 0.25) is 0 Å². The molecule has 0 radical (unpaired) electrons. The van der Waals surface area contributed by atoms with Crippen molar-refractivity contribution in [2.24, 2.45) is 5.84 Å². The monoisotopic (exact) mass is 370 g/mol. The van der Waals surface area contributed by atoms with E-state index in [1.807, 2.05) is 24.3 Å². The van der Waals surface area contributed by atoms with Crippen molar-refractivity contribution in [3.05, 3.63) is 52.6 Å². The Morgan fingerprint density at radius 2 is 2.05 bits per heavy atom. The van der Waals surface area contributed by atoms with Gasteiger partial charge in [-0.2, -0.15) is 4.31 Å². The van der Waals surface area contributed by atoms with Crippen LogP contribution < -0.4 is 11.3 Å². The van der Waals surface area contributed by atoms with Gasteiger partial charge in [0, 0.05) is 30.3 Å². The minimum absolute atomic E-state index is 0.139. The molecule has 0 fully saturated rings. The Morgan fingerprint density at radius 1 is 1.33 bits per heavy atom. The van der Waals surface area contributed by atoms with Gasteiger partial charge in [-0.3, -0.25) is 0 Å². The highest BCUT2D eigenvalue weighted by Gasteiger charge is 2.22. The van der Waals surface area contributed by atoms with E-state index >= 15 is 0 Å². The Morgan fingerprint density at radius 3 is 2.71 bits per heavy atom. The van der Waals surface area contributed by atoms with Crippen molar-refractivity contribution in [2.75, 3.05) is 12.5 Å². The first kappa shape index (κ1) is 15.9. The minimum Gasteiger partial charge on any atom is -0.308 e. The summed E-state index contributed by atoms with van der Waals surface area (Å²) in [5.74, 6) is 5.55. The van der Waals surface area contributed by atoms with Gasteiger partial charge >= 0.3 is 0 Å². The maximum Gasteiger partial charge on any atom is 0.243 e. The summed E-state index contributed by atoms with van der Waals surface area (Å²) in [6.07, 6.45) is 1.40. The number of hydrogen-bond acceptors (Lipinski definition) is 5. The largest absolute Gasteiger partial charge is 0.308 e. The van der Waals surface area contributed by atoms with Gasteiger partial charge in [0.25, 0.3) is 0 Å². The topological polar surface area (TPSA) is 88.3 Å². The minimum atomic E-state index is -3.61. The first-order chi connectivity index (χ1) is 9.95. The predicted octanol–water partition coefficient (Wildman–Crippen LogP) is 1.95. The molecule has 0 spiro atoms. The molecule has 3 N–H and O–H groups in total. The molecule has 0 unspecified atom stereocenters. The number of halogens is 1. The molecule has 6 nitrogen and oxygen atoms in total. The number of sulfonamides is 1. The van der Waals surface area contributed by atoms with E-state index in [1.54, 1.807) is 0 Å². The summed E-state index contributed by atoms with van der Waals surface area (Å²) >= 11 is 3.41. The van der Waals surface area contributed by atoms with Gasteiger partial charge in [0.15, 0.2) is 0 Å². The van der Waals surface area contributed by atoms with E-state index in [2.05, 4.69) is 26.3 Å². The molecule has 2 rings (SSSR count). The Bertz CT molecular complexity index is 736. The molecule has 2 aromatic rings. The van der Waals surface area contributed by atoms with Crippen LogP contribution in [0.1, 0.15) is 5.56 Å². The maximum atomic E-state index is 12.5. The van der Waals surface area contributed by atoms with Crippen LogP contribution in [-0.4, -0.2) is 24.8 Å². The zero-order valence-corrected chi connectivity index (χ0v) is 13.7. The average molecular weight is 371 g/mol. The van der Waals surface area contributed by atoms with Crippen molar-refractivity contribution in [2.45, 2.75) is 11.4 Å². The zero-order chi connectivity index (χ0) is 15.5. The molecule has 1 aromatic carbocycles. The van der Waals surface area contributed by atoms with Gasteiger partial charge in [-0.25, -0.2) is 19.2 Å². The zero-order valence-electron chi connectivity index (χ0n) is 11.3. The standard InChI is InChI=1S/C13H15BrN4O2S/c1-18(9-10-4-2-3-5-12(10)14)21(19,20)11-6-7-16-13(8-11)17-15/h2-8H,9,15H2,1H3,(H,16,17). The predicted molar refractivity (Wildman–Crippen MR) is 84.8 cm³/mol. The van der Waals surface area contributed by atoms with Gasteiger partial charge in [-0.1, -0.05) is 34.1 Å². The Balaban J connectivity index is 2.28. The summed E-state index contributed by atoms with van der Waals surface area (Å²) in [5.41, 5.74) is 3.22. The van der Waals surface area contributed by atoms with Crippen molar-refractivity contribution >= 4 is 31.8 Å². The van der Waals surface area contributed by atoms with Crippen LogP contribution in [0, 0.1) is 0 Å². The van der Waals surface area contributed by atoms with E-state index in [0.29, 0.717) is 5.82 Å². The molecule has 0 aliphatic carbocycles. The fourth-order valence-electron chi connectivity index (χ4n) is 1.78. The molecule has 112 valence electrons. The molecule has 0 saturated carbocycles. The number of nitrogens with one attached hydrogen (secondary N) is 1. The average Bonchev–Trinajstić information content (AvgIpc) is 2.49. The highest BCUT2D eigenvalue weighted by Crippen LogP contribution is 2.22. The summed E-state index contributed by atoms with van der Waals surface area (Å²) in [6, 6.07) is 10.3. The molecule has 0 bridgehead atoms. The molecule has 0 atom stereocenters. The lowest BCUT2D eigenvalue weighted by molar-refractivity contribution is 0.466. The molecular formula is C13H15BrN4O2S. The lowest BCUT2D eigenvalue weighted by Gasteiger charge is -2.18. The van der Waals surface area contributed by atoms with Crippen molar-refractivity contribution in [3.8, 4) is 0 Å². The van der Waals surface area contributed by atoms with Crippen molar-refractivity contribution < 1.29 is 8.42 Å². The second kappa shape index (κ2) is 6.52. The lowest BCUT2D eigenvalue weighted by Crippen LogP contribution is -2.27. The van der Waals surface area contributed by atoms with Gasteiger partial charge in [0.05, 0.1) is 4.90 Å². The molecule has 1 aromatic heterocycles. The van der Waals surface area contributed by atoms with E-state index in [9.17, 15) is 8.42 Å². The molecular weight excluding hydrogens is 356 g/mol. The van der Waals surface area contributed by atoms with Crippen molar-refractivity contribution in [1.29, 1.82) is 0 Å². The molecule has 0 aliphatic heterocycles. The quantitative estimate of drug-likeness (QED) is 0.620. The number of aromatic nitrogens is 1. The fourth-order valence-corrected chi connectivity index (χ4v) is 3.35. The number of nitrogens with zero attached hydrogens (tertiary/aromatic N) is 2. The molecule has 1 heterocycles. The first-order valence-corrected chi connectivity index (χ1v) is 8.31. The number of benzene rings is 1. The van der Waals surface area contributed by atoms with Crippen LogP contribution >= 0.6 is 15.9 Å². The van der Waals surface area contributed by atoms with Gasteiger partial charge in [0.1, 0.15) is 5.82 Å². The Hall–Kier alpha value is -1.48. The number of nitrogens with two attached hydrogens (primary N) is 1. The van der Waals surface area contributed by atoms with Crippen LogP contribution in [0.4, 0.5) is 5.82 Å². The third-order valence-electron chi connectivity index (χ3n) is 2.94. The summed E-state index contributed by atoms with van der Waals surface area (Å²) in [6.45, 7) is 0.261. The molecule has 0 saturated heterocycles. The molecule has 8 heteroatoms. The van der Waals surface area contributed by atoms with Gasteiger partial charge in [0.2, 0.25) is 10.0 Å². The lowest BCUT2D eigenvalue weighted by atomic mass is 10.2. The molecule has 0 aliphatic rings.